The molecule has 9 heteroatoms. The van der Waals surface area contributed by atoms with Gasteiger partial charge in [0.05, 0.1) is 17.5 Å². The molecule has 0 saturated heterocycles. The second-order valence-corrected chi connectivity index (χ2v) is 12.4. The van der Waals surface area contributed by atoms with Crippen molar-refractivity contribution in [2.75, 3.05) is 11.0 Å². The fraction of sp³-hybridized carbons (Fsp3) is 0.455. The molecule has 0 radical (unpaired) electrons. The van der Waals surface area contributed by atoms with Crippen molar-refractivity contribution in [3.05, 3.63) is 54.1 Å². The van der Waals surface area contributed by atoms with Gasteiger partial charge in [0.1, 0.15) is 0 Å². The predicted molar refractivity (Wildman–Crippen MR) is 123 cm³/mol. The van der Waals surface area contributed by atoms with Gasteiger partial charge in [0, 0.05) is 5.69 Å². The summed E-state index contributed by atoms with van der Waals surface area (Å²) in [6.45, 7) is 3.15. The van der Waals surface area contributed by atoms with Crippen molar-refractivity contribution in [1.82, 2.24) is 4.72 Å². The minimum absolute atomic E-state index is 0.255. The van der Waals surface area contributed by atoms with E-state index in [1.807, 2.05) is 6.07 Å². The highest BCUT2D eigenvalue weighted by molar-refractivity contribution is 7.92. The van der Waals surface area contributed by atoms with Gasteiger partial charge in [-0.05, 0) is 61.9 Å². The molecule has 0 aliphatic heterocycles. The van der Waals surface area contributed by atoms with Crippen LogP contribution in [0.1, 0.15) is 45.1 Å². The smallest absolute Gasteiger partial charge is 0.229 e. The normalized spacial score (nSPS) is 22.4. The van der Waals surface area contributed by atoms with Crippen LogP contribution in [0.5, 0.6) is 0 Å². The Morgan fingerprint density at radius 3 is 2.29 bits per heavy atom. The van der Waals surface area contributed by atoms with Crippen LogP contribution in [0.15, 0.2) is 48.5 Å². The van der Waals surface area contributed by atoms with Gasteiger partial charge in [0.15, 0.2) is 5.67 Å². The van der Waals surface area contributed by atoms with Crippen molar-refractivity contribution in [2.45, 2.75) is 56.5 Å². The maximum absolute atomic E-state index is 16.1. The molecule has 0 heterocycles. The first-order valence-corrected chi connectivity index (χ1v) is 13.7. The van der Waals surface area contributed by atoms with Crippen molar-refractivity contribution in [3.63, 3.8) is 0 Å². The molecule has 2 aromatic rings. The van der Waals surface area contributed by atoms with Gasteiger partial charge in [0.25, 0.3) is 0 Å². The Morgan fingerprint density at radius 2 is 1.68 bits per heavy atom. The number of benzene rings is 2. The lowest BCUT2D eigenvalue weighted by Crippen LogP contribution is -2.51. The maximum Gasteiger partial charge on any atom is 0.229 e. The van der Waals surface area contributed by atoms with Gasteiger partial charge in [-0.2, -0.15) is 0 Å². The molecule has 2 aromatic carbocycles. The predicted octanol–water partition coefficient (Wildman–Crippen LogP) is 4.16. The lowest BCUT2D eigenvalue weighted by Gasteiger charge is -2.38. The largest absolute Gasteiger partial charge is 0.284 e. The van der Waals surface area contributed by atoms with Gasteiger partial charge < -0.3 is 0 Å². The Kier molecular flexibility index (Phi) is 6.78. The van der Waals surface area contributed by atoms with Crippen LogP contribution in [0.4, 0.5) is 10.1 Å². The van der Waals surface area contributed by atoms with Crippen LogP contribution in [-0.2, 0) is 25.7 Å². The van der Waals surface area contributed by atoms with Crippen LogP contribution in [0, 0.1) is 0 Å². The van der Waals surface area contributed by atoms with E-state index in [1.54, 1.807) is 56.3 Å². The Labute approximate surface area is 184 Å². The molecule has 2 N–H and O–H groups in total. The van der Waals surface area contributed by atoms with E-state index < -0.39 is 37.0 Å². The molecule has 1 saturated carbocycles. The summed E-state index contributed by atoms with van der Waals surface area (Å²) in [7, 11) is -6.98. The minimum Gasteiger partial charge on any atom is -0.284 e. The van der Waals surface area contributed by atoms with Gasteiger partial charge in [-0.25, -0.2) is 25.9 Å². The first kappa shape index (κ1) is 23.7. The molecule has 0 bridgehead atoms. The minimum atomic E-state index is -3.59. The summed E-state index contributed by atoms with van der Waals surface area (Å²) in [6.07, 6.45) is 3.25. The molecule has 31 heavy (non-hydrogen) atoms. The summed E-state index contributed by atoms with van der Waals surface area (Å²) in [4.78, 5) is 0. The number of sulfonamides is 2. The van der Waals surface area contributed by atoms with Crippen LogP contribution in [0.3, 0.4) is 0 Å². The fourth-order valence-corrected chi connectivity index (χ4v) is 5.41. The third-order valence-electron chi connectivity index (χ3n) is 5.63. The van der Waals surface area contributed by atoms with E-state index in [0.717, 1.165) is 23.8 Å². The van der Waals surface area contributed by atoms with E-state index in [-0.39, 0.29) is 6.42 Å². The van der Waals surface area contributed by atoms with Crippen molar-refractivity contribution in [1.29, 1.82) is 0 Å². The molecule has 3 rings (SSSR count). The summed E-state index contributed by atoms with van der Waals surface area (Å²) in [5.41, 5.74) is 0.700. The van der Waals surface area contributed by atoms with E-state index in [2.05, 4.69) is 9.44 Å². The molecule has 0 spiro atoms. The second kappa shape index (κ2) is 8.88. The molecule has 0 unspecified atom stereocenters. The number of halogens is 1. The zero-order valence-corrected chi connectivity index (χ0v) is 19.6. The first-order valence-electron chi connectivity index (χ1n) is 10.3. The number of anilines is 1. The highest BCUT2D eigenvalue weighted by Gasteiger charge is 2.44. The Morgan fingerprint density at radius 1 is 1.00 bits per heavy atom. The molecule has 1 fully saturated rings. The lowest BCUT2D eigenvalue weighted by atomic mass is 9.77. The first-order chi connectivity index (χ1) is 14.4. The highest BCUT2D eigenvalue weighted by atomic mass is 32.2. The Balaban J connectivity index is 1.88. The Hall–Kier alpha value is -1.97. The summed E-state index contributed by atoms with van der Waals surface area (Å²) in [6, 6.07) is 13.1. The molecule has 0 amide bonds. The van der Waals surface area contributed by atoms with Crippen LogP contribution in [-0.4, -0.2) is 34.4 Å². The number of nitrogens with one attached hydrogen (secondary N) is 2. The van der Waals surface area contributed by atoms with Crippen molar-refractivity contribution >= 4 is 25.7 Å². The number of alkyl halides is 1. The van der Waals surface area contributed by atoms with E-state index in [0.29, 0.717) is 24.1 Å². The fourth-order valence-electron chi connectivity index (χ4n) is 3.88. The second-order valence-electron chi connectivity index (χ2n) is 8.40. The van der Waals surface area contributed by atoms with Gasteiger partial charge in [0.2, 0.25) is 20.0 Å². The zero-order valence-electron chi connectivity index (χ0n) is 17.9. The van der Waals surface area contributed by atoms with Gasteiger partial charge in [-0.15, -0.1) is 0 Å². The van der Waals surface area contributed by atoms with E-state index in [1.165, 1.54) is 0 Å². The molecule has 6 nitrogen and oxygen atoms in total. The molecule has 2 atom stereocenters. The standard InChI is InChI=1S/C22H29FN2O4S2/c1-16(2)31(28,29)25-21-9-4-5-14-22(21,23)19-12-10-17(11-13-19)18-7-6-8-20(15-18)24-30(3,26)27/h6-8,10-13,15-16,21,24-25H,4-5,9,14H2,1-3H3/t21-,22+/m0/s1. The molecule has 1 aliphatic carbocycles. The Bertz CT molecular complexity index is 1130. The van der Waals surface area contributed by atoms with Crippen LogP contribution >= 0.6 is 0 Å². The highest BCUT2D eigenvalue weighted by Crippen LogP contribution is 2.42. The topological polar surface area (TPSA) is 92.3 Å². The van der Waals surface area contributed by atoms with Gasteiger partial charge >= 0.3 is 0 Å². The maximum atomic E-state index is 16.1. The third kappa shape index (κ3) is 5.64. The monoisotopic (exact) mass is 468 g/mol. The lowest BCUT2D eigenvalue weighted by molar-refractivity contribution is 0.0712. The van der Waals surface area contributed by atoms with Crippen LogP contribution in [0.2, 0.25) is 0 Å². The summed E-state index contributed by atoms with van der Waals surface area (Å²) in [5.74, 6) is 0. The van der Waals surface area contributed by atoms with Crippen molar-refractivity contribution in [2.24, 2.45) is 0 Å². The summed E-state index contributed by atoms with van der Waals surface area (Å²) >= 11 is 0. The van der Waals surface area contributed by atoms with Crippen LogP contribution in [0.25, 0.3) is 11.1 Å². The molecule has 0 aromatic heterocycles. The number of hydrogen-bond acceptors (Lipinski definition) is 4. The number of hydrogen-bond donors (Lipinski definition) is 2. The molecule has 170 valence electrons. The van der Waals surface area contributed by atoms with E-state index in [9.17, 15) is 16.8 Å². The average molecular weight is 469 g/mol. The molecular formula is C22H29FN2O4S2. The molecule has 1 aliphatic rings. The molecular weight excluding hydrogens is 439 g/mol. The SMILES string of the molecule is CC(C)S(=O)(=O)N[C@H]1CCCC[C@@]1(F)c1ccc(-c2cccc(NS(C)(=O)=O)c2)cc1. The average Bonchev–Trinajstić information content (AvgIpc) is 2.68. The van der Waals surface area contributed by atoms with Gasteiger partial charge in [-0.3, -0.25) is 4.72 Å². The van der Waals surface area contributed by atoms with Crippen molar-refractivity contribution < 1.29 is 21.2 Å². The summed E-state index contributed by atoms with van der Waals surface area (Å²) in [5, 5.41) is -0.631. The van der Waals surface area contributed by atoms with Crippen molar-refractivity contribution in [3.8, 4) is 11.1 Å². The van der Waals surface area contributed by atoms with E-state index in [4.69, 9.17) is 0 Å². The summed E-state index contributed by atoms with van der Waals surface area (Å²) < 4.78 is 68.8. The van der Waals surface area contributed by atoms with Crippen LogP contribution < -0.4 is 9.44 Å². The van der Waals surface area contributed by atoms with E-state index >= 15 is 4.39 Å². The quantitative estimate of drug-likeness (QED) is 0.638. The zero-order chi connectivity index (χ0) is 22.9. The van der Waals surface area contributed by atoms with Gasteiger partial charge in [-0.1, -0.05) is 42.8 Å². The third-order valence-corrected chi connectivity index (χ3v) is 8.09. The number of rotatable bonds is 7.